The number of benzene rings is 1. The molecule has 17 heavy (non-hydrogen) atoms. The Morgan fingerprint density at radius 3 is 2.88 bits per heavy atom. The SMILES string of the molecule is CCOc1ccccc1C1CCC(CCN)C1. The molecule has 0 heterocycles. The Morgan fingerprint density at radius 2 is 2.12 bits per heavy atom. The Balaban J connectivity index is 2.07. The van der Waals surface area contributed by atoms with Gasteiger partial charge in [0.05, 0.1) is 6.61 Å². The van der Waals surface area contributed by atoms with Crippen LogP contribution in [0, 0.1) is 5.92 Å². The molecule has 1 saturated carbocycles. The first-order valence-corrected chi connectivity index (χ1v) is 6.77. The fraction of sp³-hybridized carbons (Fsp3) is 0.600. The molecule has 0 bridgehead atoms. The Bertz CT molecular complexity index is 351. The zero-order valence-corrected chi connectivity index (χ0v) is 10.7. The fourth-order valence-corrected chi connectivity index (χ4v) is 2.96. The second kappa shape index (κ2) is 6.06. The van der Waals surface area contributed by atoms with E-state index < -0.39 is 0 Å². The van der Waals surface area contributed by atoms with Crippen molar-refractivity contribution in [2.75, 3.05) is 13.2 Å². The van der Waals surface area contributed by atoms with Gasteiger partial charge in [-0.3, -0.25) is 0 Å². The molecule has 2 rings (SSSR count). The molecule has 1 fully saturated rings. The lowest BCUT2D eigenvalue weighted by molar-refractivity contribution is 0.333. The topological polar surface area (TPSA) is 35.2 Å². The van der Waals surface area contributed by atoms with Gasteiger partial charge in [0.15, 0.2) is 0 Å². The van der Waals surface area contributed by atoms with Gasteiger partial charge in [0.2, 0.25) is 0 Å². The number of para-hydroxylation sites is 1. The summed E-state index contributed by atoms with van der Waals surface area (Å²) in [4.78, 5) is 0. The average molecular weight is 233 g/mol. The lowest BCUT2D eigenvalue weighted by atomic mass is 9.94. The lowest BCUT2D eigenvalue weighted by Crippen LogP contribution is -2.06. The van der Waals surface area contributed by atoms with E-state index >= 15 is 0 Å². The zero-order valence-electron chi connectivity index (χ0n) is 10.7. The third-order valence-corrected chi connectivity index (χ3v) is 3.77. The van der Waals surface area contributed by atoms with Crippen molar-refractivity contribution in [1.29, 1.82) is 0 Å². The van der Waals surface area contributed by atoms with Gasteiger partial charge in [-0.25, -0.2) is 0 Å². The molecule has 0 spiro atoms. The van der Waals surface area contributed by atoms with Crippen molar-refractivity contribution < 1.29 is 4.74 Å². The molecule has 0 radical (unpaired) electrons. The molecule has 2 heteroatoms. The molecule has 2 nitrogen and oxygen atoms in total. The van der Waals surface area contributed by atoms with Gasteiger partial charge in [-0.2, -0.15) is 0 Å². The van der Waals surface area contributed by atoms with Gasteiger partial charge in [-0.05, 0) is 62.6 Å². The summed E-state index contributed by atoms with van der Waals surface area (Å²) in [5, 5.41) is 0. The molecule has 1 aliphatic carbocycles. The van der Waals surface area contributed by atoms with Crippen molar-refractivity contribution in [3.05, 3.63) is 29.8 Å². The van der Waals surface area contributed by atoms with Crippen LogP contribution in [0.5, 0.6) is 5.75 Å². The summed E-state index contributed by atoms with van der Waals surface area (Å²) >= 11 is 0. The monoisotopic (exact) mass is 233 g/mol. The number of ether oxygens (including phenoxy) is 1. The van der Waals surface area contributed by atoms with Crippen LogP contribution in [-0.2, 0) is 0 Å². The lowest BCUT2D eigenvalue weighted by Gasteiger charge is -2.15. The highest BCUT2D eigenvalue weighted by molar-refractivity contribution is 5.36. The van der Waals surface area contributed by atoms with E-state index in [4.69, 9.17) is 10.5 Å². The van der Waals surface area contributed by atoms with Gasteiger partial charge in [-0.15, -0.1) is 0 Å². The summed E-state index contributed by atoms with van der Waals surface area (Å²) in [5.41, 5.74) is 7.04. The summed E-state index contributed by atoms with van der Waals surface area (Å²) in [6.45, 7) is 3.61. The molecule has 1 aliphatic rings. The van der Waals surface area contributed by atoms with Crippen LogP contribution in [-0.4, -0.2) is 13.2 Å². The van der Waals surface area contributed by atoms with Gasteiger partial charge in [0, 0.05) is 0 Å². The second-order valence-corrected chi connectivity index (χ2v) is 4.92. The molecule has 1 aromatic carbocycles. The Kier molecular flexibility index (Phi) is 4.43. The molecule has 0 amide bonds. The number of hydrogen-bond acceptors (Lipinski definition) is 2. The predicted molar refractivity (Wildman–Crippen MR) is 71.4 cm³/mol. The first-order valence-electron chi connectivity index (χ1n) is 6.77. The fourth-order valence-electron chi connectivity index (χ4n) is 2.96. The predicted octanol–water partition coefficient (Wildman–Crippen LogP) is 3.32. The van der Waals surface area contributed by atoms with Crippen molar-refractivity contribution in [2.24, 2.45) is 11.7 Å². The third-order valence-electron chi connectivity index (χ3n) is 3.77. The molecular formula is C15H23NO. The van der Waals surface area contributed by atoms with Gasteiger partial charge in [0.1, 0.15) is 5.75 Å². The van der Waals surface area contributed by atoms with E-state index in [2.05, 4.69) is 24.3 Å². The van der Waals surface area contributed by atoms with Crippen LogP contribution in [0.1, 0.15) is 44.1 Å². The average Bonchev–Trinajstić information content (AvgIpc) is 2.79. The summed E-state index contributed by atoms with van der Waals surface area (Å²) in [6, 6.07) is 8.49. The van der Waals surface area contributed by atoms with E-state index in [1.165, 1.54) is 31.2 Å². The van der Waals surface area contributed by atoms with E-state index in [-0.39, 0.29) is 0 Å². The van der Waals surface area contributed by atoms with Gasteiger partial charge >= 0.3 is 0 Å². The highest BCUT2D eigenvalue weighted by atomic mass is 16.5. The zero-order chi connectivity index (χ0) is 12.1. The Morgan fingerprint density at radius 1 is 1.29 bits per heavy atom. The number of nitrogens with two attached hydrogens (primary N) is 1. The molecule has 2 unspecified atom stereocenters. The third kappa shape index (κ3) is 3.01. The van der Waals surface area contributed by atoms with Crippen LogP contribution in [0.4, 0.5) is 0 Å². The van der Waals surface area contributed by atoms with Crippen LogP contribution in [0.15, 0.2) is 24.3 Å². The van der Waals surface area contributed by atoms with Crippen LogP contribution in [0.25, 0.3) is 0 Å². The first kappa shape index (κ1) is 12.4. The largest absolute Gasteiger partial charge is 0.494 e. The summed E-state index contributed by atoms with van der Waals surface area (Å²) < 4.78 is 5.72. The normalized spacial score (nSPS) is 23.9. The summed E-state index contributed by atoms with van der Waals surface area (Å²) in [6.07, 6.45) is 5.06. The van der Waals surface area contributed by atoms with E-state index in [0.29, 0.717) is 5.92 Å². The highest BCUT2D eigenvalue weighted by Gasteiger charge is 2.27. The Labute approximate surface area is 104 Å². The minimum Gasteiger partial charge on any atom is -0.494 e. The van der Waals surface area contributed by atoms with Crippen LogP contribution in [0.3, 0.4) is 0 Å². The molecule has 2 atom stereocenters. The summed E-state index contributed by atoms with van der Waals surface area (Å²) in [7, 11) is 0. The summed E-state index contributed by atoms with van der Waals surface area (Å²) in [5.74, 6) is 2.57. The van der Waals surface area contributed by atoms with Crippen molar-refractivity contribution in [3.63, 3.8) is 0 Å². The van der Waals surface area contributed by atoms with Crippen molar-refractivity contribution >= 4 is 0 Å². The maximum atomic E-state index is 5.72. The quantitative estimate of drug-likeness (QED) is 0.846. The van der Waals surface area contributed by atoms with E-state index in [1.54, 1.807) is 0 Å². The van der Waals surface area contributed by atoms with Gasteiger partial charge in [0.25, 0.3) is 0 Å². The smallest absolute Gasteiger partial charge is 0.122 e. The number of hydrogen-bond donors (Lipinski definition) is 1. The van der Waals surface area contributed by atoms with E-state index in [0.717, 1.165) is 24.8 Å². The van der Waals surface area contributed by atoms with Crippen molar-refractivity contribution in [2.45, 2.75) is 38.5 Å². The molecule has 0 aromatic heterocycles. The van der Waals surface area contributed by atoms with Crippen LogP contribution < -0.4 is 10.5 Å². The minimum absolute atomic E-state index is 0.675. The molecular weight excluding hydrogens is 210 g/mol. The van der Waals surface area contributed by atoms with E-state index in [9.17, 15) is 0 Å². The minimum atomic E-state index is 0.675. The van der Waals surface area contributed by atoms with Gasteiger partial charge < -0.3 is 10.5 Å². The second-order valence-electron chi connectivity index (χ2n) is 4.92. The number of rotatable bonds is 5. The maximum absolute atomic E-state index is 5.72. The van der Waals surface area contributed by atoms with Crippen LogP contribution >= 0.6 is 0 Å². The molecule has 2 N–H and O–H groups in total. The standard InChI is InChI=1S/C15H23NO/c1-2-17-15-6-4-3-5-14(15)13-8-7-12(11-13)9-10-16/h3-6,12-13H,2,7-11,16H2,1H3. The molecule has 0 saturated heterocycles. The first-order chi connectivity index (χ1) is 8.35. The Hall–Kier alpha value is -1.02. The van der Waals surface area contributed by atoms with Crippen molar-refractivity contribution in [3.8, 4) is 5.75 Å². The maximum Gasteiger partial charge on any atom is 0.122 e. The van der Waals surface area contributed by atoms with Gasteiger partial charge in [-0.1, -0.05) is 18.2 Å². The molecule has 94 valence electrons. The highest BCUT2D eigenvalue weighted by Crippen LogP contribution is 2.42. The molecule has 1 aromatic rings. The van der Waals surface area contributed by atoms with Crippen LogP contribution in [0.2, 0.25) is 0 Å². The molecule has 0 aliphatic heterocycles. The van der Waals surface area contributed by atoms with Crippen molar-refractivity contribution in [1.82, 2.24) is 0 Å². The van der Waals surface area contributed by atoms with E-state index in [1.807, 2.05) is 6.92 Å².